The molecule has 2 aromatic carbocycles. The summed E-state index contributed by atoms with van der Waals surface area (Å²) in [5.41, 5.74) is 2.94. The maximum atomic E-state index is 12.3. The average molecular weight is 530 g/mol. The lowest BCUT2D eigenvalue weighted by molar-refractivity contribution is -0.111. The number of para-hydroxylation sites is 1. The molecule has 0 saturated heterocycles. The molecule has 11 nitrogen and oxygen atoms in total. The Labute approximate surface area is 228 Å². The molecule has 0 saturated carbocycles. The summed E-state index contributed by atoms with van der Waals surface area (Å²) in [5.74, 6) is 2.07. The second-order valence-corrected chi connectivity index (χ2v) is 9.50. The molecule has 0 spiro atoms. The molecule has 2 N–H and O–H groups in total. The van der Waals surface area contributed by atoms with Crippen LogP contribution in [-0.4, -0.2) is 86.0 Å². The van der Waals surface area contributed by atoms with Crippen molar-refractivity contribution in [3.63, 3.8) is 0 Å². The van der Waals surface area contributed by atoms with Crippen LogP contribution in [0.2, 0.25) is 0 Å². The molecule has 0 radical (unpaired) electrons. The molecule has 2 aromatic heterocycles. The molecule has 0 aliphatic carbocycles. The number of likely N-dealkylation sites (N-methyl/N-ethyl adjacent to an activating group) is 2. The van der Waals surface area contributed by atoms with Gasteiger partial charge in [0.15, 0.2) is 11.6 Å². The fourth-order valence-corrected chi connectivity index (χ4v) is 4.11. The van der Waals surface area contributed by atoms with Crippen LogP contribution in [0.25, 0.3) is 16.7 Å². The summed E-state index contributed by atoms with van der Waals surface area (Å²) < 4.78 is 7.51. The van der Waals surface area contributed by atoms with Crippen molar-refractivity contribution in [2.45, 2.75) is 0 Å². The highest BCUT2D eigenvalue weighted by molar-refractivity contribution is 6.02. The number of ether oxygens (including phenoxy) is 1. The number of benzene rings is 2. The highest BCUT2D eigenvalue weighted by Gasteiger charge is 2.18. The summed E-state index contributed by atoms with van der Waals surface area (Å²) in [4.78, 5) is 27.5. The van der Waals surface area contributed by atoms with Gasteiger partial charge in [0.1, 0.15) is 5.75 Å². The lowest BCUT2D eigenvalue weighted by atomic mass is 10.2. The van der Waals surface area contributed by atoms with Gasteiger partial charge in [0.25, 0.3) is 0 Å². The smallest absolute Gasteiger partial charge is 0.247 e. The summed E-state index contributed by atoms with van der Waals surface area (Å²) in [6, 6.07) is 13.5. The molecule has 0 aliphatic rings. The molecule has 204 valence electrons. The van der Waals surface area contributed by atoms with E-state index in [1.165, 1.54) is 6.08 Å². The molecule has 0 unspecified atom stereocenters. The number of hydrogen-bond acceptors (Lipinski definition) is 9. The first-order valence-electron chi connectivity index (χ1n) is 12.5. The van der Waals surface area contributed by atoms with Crippen LogP contribution in [-0.2, 0) is 4.79 Å². The van der Waals surface area contributed by atoms with Gasteiger partial charge in [-0.05, 0) is 38.4 Å². The SMILES string of the molecule is C=CC(=O)Nc1cc(Nc2nccc(-n3nc(N(C)C)c4ccccc43)n2)c(OC)cc1N(C)CCN(C)C. The van der Waals surface area contributed by atoms with Crippen LogP contribution < -0.4 is 25.2 Å². The summed E-state index contributed by atoms with van der Waals surface area (Å²) in [6.45, 7) is 5.17. The standard InChI is InChI=1S/C28H35N9O2/c1-8-26(38)30-20-17-21(24(39-7)18-23(20)36(6)16-15-34(2)3)31-28-29-14-13-25(32-28)37-22-12-10-9-11-19(22)27(33-37)35(4)5/h8-14,17-18H,1,15-16H2,2-7H3,(H,30,38)(H,29,31,32). The molecule has 2 heterocycles. The number of hydrogen-bond donors (Lipinski definition) is 2. The lowest BCUT2D eigenvalue weighted by Crippen LogP contribution is -2.29. The first-order valence-corrected chi connectivity index (χ1v) is 12.5. The molecule has 39 heavy (non-hydrogen) atoms. The van der Waals surface area contributed by atoms with Gasteiger partial charge in [0, 0.05) is 57.9 Å². The van der Waals surface area contributed by atoms with Crippen molar-refractivity contribution in [2.24, 2.45) is 0 Å². The van der Waals surface area contributed by atoms with Gasteiger partial charge in [0.05, 0.1) is 29.7 Å². The van der Waals surface area contributed by atoms with Crippen LogP contribution in [0.1, 0.15) is 0 Å². The minimum Gasteiger partial charge on any atom is -0.494 e. The molecule has 0 bridgehead atoms. The third-order valence-corrected chi connectivity index (χ3v) is 6.15. The second kappa shape index (κ2) is 11.8. The Kier molecular flexibility index (Phi) is 8.30. The molecule has 0 fully saturated rings. The van der Waals surface area contributed by atoms with E-state index in [2.05, 4.69) is 32.0 Å². The van der Waals surface area contributed by atoms with Crippen molar-refractivity contribution in [2.75, 3.05) is 75.9 Å². The Hall–Kier alpha value is -4.64. The largest absolute Gasteiger partial charge is 0.494 e. The Bertz CT molecular complexity index is 1480. The van der Waals surface area contributed by atoms with Crippen LogP contribution in [0.5, 0.6) is 5.75 Å². The number of carbonyl (C=O) groups excluding carboxylic acids is 1. The average Bonchev–Trinajstić information content (AvgIpc) is 3.32. The predicted octanol–water partition coefficient (Wildman–Crippen LogP) is 3.76. The molecule has 0 atom stereocenters. The summed E-state index contributed by atoms with van der Waals surface area (Å²) in [6.07, 6.45) is 2.91. The van der Waals surface area contributed by atoms with Gasteiger partial charge in [-0.1, -0.05) is 18.7 Å². The molecule has 0 aliphatic heterocycles. The highest BCUT2D eigenvalue weighted by atomic mass is 16.5. The van der Waals surface area contributed by atoms with E-state index in [1.807, 2.05) is 76.5 Å². The van der Waals surface area contributed by atoms with Crippen LogP contribution in [0.15, 0.2) is 61.3 Å². The maximum absolute atomic E-state index is 12.3. The van der Waals surface area contributed by atoms with E-state index in [0.717, 1.165) is 35.5 Å². The zero-order valence-corrected chi connectivity index (χ0v) is 23.3. The summed E-state index contributed by atoms with van der Waals surface area (Å²) in [7, 11) is 11.5. The molecule has 1 amide bonds. The number of methoxy groups -OCH3 is 1. The minimum absolute atomic E-state index is 0.311. The lowest BCUT2D eigenvalue weighted by Gasteiger charge is -2.26. The quantitative estimate of drug-likeness (QED) is 0.281. The van der Waals surface area contributed by atoms with Gasteiger partial charge in [-0.2, -0.15) is 4.98 Å². The van der Waals surface area contributed by atoms with Gasteiger partial charge in [-0.15, -0.1) is 5.10 Å². The maximum Gasteiger partial charge on any atom is 0.247 e. The number of aromatic nitrogens is 4. The fourth-order valence-electron chi connectivity index (χ4n) is 4.11. The summed E-state index contributed by atoms with van der Waals surface area (Å²) >= 11 is 0. The first kappa shape index (κ1) is 27.4. The summed E-state index contributed by atoms with van der Waals surface area (Å²) in [5, 5.41) is 12.0. The van der Waals surface area contributed by atoms with Crippen molar-refractivity contribution in [1.29, 1.82) is 0 Å². The van der Waals surface area contributed by atoms with E-state index >= 15 is 0 Å². The van der Waals surface area contributed by atoms with Crippen molar-refractivity contribution in [1.82, 2.24) is 24.6 Å². The topological polar surface area (TPSA) is 104 Å². The zero-order valence-electron chi connectivity index (χ0n) is 23.3. The van der Waals surface area contributed by atoms with Gasteiger partial charge in [-0.25, -0.2) is 9.67 Å². The third kappa shape index (κ3) is 6.10. The Morgan fingerprint density at radius 1 is 1.08 bits per heavy atom. The van der Waals surface area contributed by atoms with E-state index in [1.54, 1.807) is 24.1 Å². The molecule has 4 aromatic rings. The van der Waals surface area contributed by atoms with Crippen LogP contribution >= 0.6 is 0 Å². The number of fused-ring (bicyclic) bond motifs is 1. The van der Waals surface area contributed by atoms with Crippen LogP contribution in [0.3, 0.4) is 0 Å². The fraction of sp³-hybridized carbons (Fsp3) is 0.286. The van der Waals surface area contributed by atoms with E-state index in [4.69, 9.17) is 14.8 Å². The Morgan fingerprint density at radius 3 is 2.54 bits per heavy atom. The number of carbonyl (C=O) groups is 1. The molecular formula is C28H35N9O2. The second-order valence-electron chi connectivity index (χ2n) is 9.50. The van der Waals surface area contributed by atoms with Crippen molar-refractivity contribution >= 4 is 45.6 Å². The minimum atomic E-state index is -0.311. The molecule has 11 heteroatoms. The number of anilines is 5. The van der Waals surface area contributed by atoms with E-state index in [0.29, 0.717) is 28.9 Å². The van der Waals surface area contributed by atoms with Gasteiger partial charge in [-0.3, -0.25) is 4.79 Å². The van der Waals surface area contributed by atoms with Crippen molar-refractivity contribution in [3.8, 4) is 11.6 Å². The highest BCUT2D eigenvalue weighted by Crippen LogP contribution is 2.38. The number of nitrogens with zero attached hydrogens (tertiary/aromatic N) is 7. The van der Waals surface area contributed by atoms with Gasteiger partial charge < -0.3 is 30.1 Å². The molecule has 4 rings (SSSR count). The zero-order chi connectivity index (χ0) is 28.1. The van der Waals surface area contributed by atoms with Crippen molar-refractivity contribution < 1.29 is 9.53 Å². The van der Waals surface area contributed by atoms with Crippen LogP contribution in [0, 0.1) is 0 Å². The monoisotopic (exact) mass is 529 g/mol. The van der Waals surface area contributed by atoms with E-state index in [9.17, 15) is 4.79 Å². The normalized spacial score (nSPS) is 10.9. The number of nitrogens with one attached hydrogen (secondary N) is 2. The molecular weight excluding hydrogens is 494 g/mol. The van der Waals surface area contributed by atoms with Crippen LogP contribution in [0.4, 0.5) is 28.8 Å². The van der Waals surface area contributed by atoms with E-state index in [-0.39, 0.29) is 5.91 Å². The van der Waals surface area contributed by atoms with E-state index < -0.39 is 0 Å². The van der Waals surface area contributed by atoms with Gasteiger partial charge >= 0.3 is 0 Å². The Balaban J connectivity index is 1.72. The first-order chi connectivity index (χ1) is 18.7. The third-order valence-electron chi connectivity index (χ3n) is 6.15. The Morgan fingerprint density at radius 2 is 1.85 bits per heavy atom. The van der Waals surface area contributed by atoms with Gasteiger partial charge in [0.2, 0.25) is 11.9 Å². The predicted molar refractivity (Wildman–Crippen MR) is 158 cm³/mol. The number of amides is 1. The number of rotatable bonds is 11. The van der Waals surface area contributed by atoms with Crippen molar-refractivity contribution in [3.05, 3.63) is 61.3 Å².